The Morgan fingerprint density at radius 2 is 2.00 bits per heavy atom. The zero-order valence-corrected chi connectivity index (χ0v) is 13.4. The van der Waals surface area contributed by atoms with E-state index in [1.54, 1.807) is 0 Å². The molecule has 1 aliphatic heterocycles. The van der Waals surface area contributed by atoms with Gasteiger partial charge in [0.15, 0.2) is 0 Å². The molecular formula is C18H29NO. The summed E-state index contributed by atoms with van der Waals surface area (Å²) in [7, 11) is 0. The summed E-state index contributed by atoms with van der Waals surface area (Å²) in [5.41, 5.74) is 2.60. The average molecular weight is 275 g/mol. The van der Waals surface area contributed by atoms with Crippen LogP contribution in [-0.2, 0) is 16.8 Å². The third-order valence-electron chi connectivity index (χ3n) is 4.22. The third kappa shape index (κ3) is 3.83. The normalized spacial score (nSPS) is 26.9. The molecule has 1 fully saturated rings. The molecule has 1 N–H and O–H groups in total. The smallest absolute Gasteiger partial charge is 0.0918 e. The maximum atomic E-state index is 6.11. The molecule has 0 aromatic heterocycles. The van der Waals surface area contributed by atoms with Crippen molar-refractivity contribution in [3.63, 3.8) is 0 Å². The van der Waals surface area contributed by atoms with E-state index in [-0.39, 0.29) is 5.60 Å². The molecule has 0 radical (unpaired) electrons. The summed E-state index contributed by atoms with van der Waals surface area (Å²) in [6.07, 6.45) is 3.33. The van der Waals surface area contributed by atoms with E-state index >= 15 is 0 Å². The van der Waals surface area contributed by atoms with Crippen LogP contribution in [0.2, 0.25) is 0 Å². The van der Waals surface area contributed by atoms with Gasteiger partial charge in [0.2, 0.25) is 0 Å². The van der Waals surface area contributed by atoms with Crippen LogP contribution in [0.1, 0.15) is 51.7 Å². The second kappa shape index (κ2) is 6.73. The maximum absolute atomic E-state index is 6.11. The lowest BCUT2D eigenvalue weighted by Gasteiger charge is -2.39. The lowest BCUT2D eigenvalue weighted by atomic mass is 9.85. The first kappa shape index (κ1) is 15.5. The van der Waals surface area contributed by atoms with Gasteiger partial charge in [-0.3, -0.25) is 0 Å². The molecule has 20 heavy (non-hydrogen) atoms. The highest BCUT2D eigenvalue weighted by Gasteiger charge is 2.34. The van der Waals surface area contributed by atoms with Gasteiger partial charge in [-0.15, -0.1) is 0 Å². The first-order valence-electron chi connectivity index (χ1n) is 8.00. The largest absolute Gasteiger partial charge is 0.370 e. The van der Waals surface area contributed by atoms with Gasteiger partial charge in [-0.05, 0) is 49.8 Å². The number of hydrogen-bond donors (Lipinski definition) is 1. The molecule has 112 valence electrons. The van der Waals surface area contributed by atoms with Crippen molar-refractivity contribution in [2.24, 2.45) is 5.92 Å². The number of ether oxygens (including phenoxy) is 1. The van der Waals surface area contributed by atoms with Crippen LogP contribution in [0.5, 0.6) is 0 Å². The van der Waals surface area contributed by atoms with Gasteiger partial charge < -0.3 is 10.1 Å². The molecule has 2 unspecified atom stereocenters. The van der Waals surface area contributed by atoms with Crippen molar-refractivity contribution in [3.05, 3.63) is 35.4 Å². The molecule has 1 aromatic rings. The van der Waals surface area contributed by atoms with E-state index in [0.29, 0.717) is 12.0 Å². The van der Waals surface area contributed by atoms with Crippen LogP contribution in [-0.4, -0.2) is 19.2 Å². The Hall–Kier alpha value is -0.860. The van der Waals surface area contributed by atoms with E-state index < -0.39 is 0 Å². The zero-order valence-electron chi connectivity index (χ0n) is 13.4. The Kier molecular flexibility index (Phi) is 5.22. The molecule has 1 aliphatic rings. The first-order chi connectivity index (χ1) is 9.53. The maximum Gasteiger partial charge on any atom is 0.0918 e. The monoisotopic (exact) mass is 275 g/mol. The number of benzene rings is 1. The highest BCUT2D eigenvalue weighted by molar-refractivity contribution is 5.28. The lowest BCUT2D eigenvalue weighted by molar-refractivity contribution is -0.0810. The molecule has 2 heteroatoms. The van der Waals surface area contributed by atoms with Crippen molar-refractivity contribution in [2.75, 3.05) is 13.2 Å². The first-order valence-corrected chi connectivity index (χ1v) is 8.00. The summed E-state index contributed by atoms with van der Waals surface area (Å²) in [5.74, 6) is 0.709. The summed E-state index contributed by atoms with van der Waals surface area (Å²) in [6, 6.07) is 9.62. The fraction of sp³-hybridized carbons (Fsp3) is 0.667. The van der Waals surface area contributed by atoms with Crippen molar-refractivity contribution in [3.8, 4) is 0 Å². The van der Waals surface area contributed by atoms with Crippen LogP contribution in [0.15, 0.2) is 24.3 Å². The van der Waals surface area contributed by atoms with Crippen LogP contribution in [0.25, 0.3) is 0 Å². The molecule has 1 aromatic carbocycles. The highest BCUT2D eigenvalue weighted by atomic mass is 16.5. The van der Waals surface area contributed by atoms with Gasteiger partial charge in [-0.25, -0.2) is 0 Å². The molecule has 2 nitrogen and oxygen atoms in total. The van der Waals surface area contributed by atoms with E-state index in [1.165, 1.54) is 11.1 Å². The molecule has 0 amide bonds. The molecule has 2 atom stereocenters. The highest BCUT2D eigenvalue weighted by Crippen LogP contribution is 2.35. The van der Waals surface area contributed by atoms with Crippen molar-refractivity contribution >= 4 is 0 Å². The number of rotatable bonds is 5. The minimum absolute atomic E-state index is 0.137. The van der Waals surface area contributed by atoms with Crippen molar-refractivity contribution in [1.29, 1.82) is 0 Å². The zero-order chi connectivity index (χ0) is 14.6. The summed E-state index contributed by atoms with van der Waals surface area (Å²) in [4.78, 5) is 0. The van der Waals surface area contributed by atoms with Crippen LogP contribution in [0, 0.1) is 5.92 Å². The van der Waals surface area contributed by atoms with Gasteiger partial charge in [0, 0.05) is 12.6 Å². The molecule has 2 rings (SSSR count). The second-order valence-electron chi connectivity index (χ2n) is 6.62. The van der Waals surface area contributed by atoms with E-state index in [0.717, 1.165) is 32.4 Å². The predicted octanol–water partition coefficient (Wildman–Crippen LogP) is 3.89. The molecule has 0 spiro atoms. The minimum atomic E-state index is -0.137. The fourth-order valence-electron chi connectivity index (χ4n) is 3.19. The number of hydrogen-bond acceptors (Lipinski definition) is 2. The molecule has 0 bridgehead atoms. The van der Waals surface area contributed by atoms with E-state index in [1.807, 2.05) is 0 Å². The van der Waals surface area contributed by atoms with Crippen LogP contribution in [0.3, 0.4) is 0 Å². The van der Waals surface area contributed by atoms with Gasteiger partial charge in [0.1, 0.15) is 0 Å². The minimum Gasteiger partial charge on any atom is -0.370 e. The molecule has 1 heterocycles. The lowest BCUT2D eigenvalue weighted by Crippen LogP contribution is -2.43. The van der Waals surface area contributed by atoms with Gasteiger partial charge in [0.25, 0.3) is 0 Å². The Bertz CT molecular complexity index is 410. The van der Waals surface area contributed by atoms with E-state index in [9.17, 15) is 0 Å². The number of nitrogens with one attached hydrogen (secondary N) is 1. The fourth-order valence-corrected chi connectivity index (χ4v) is 3.19. The van der Waals surface area contributed by atoms with Crippen LogP contribution in [0.4, 0.5) is 0 Å². The summed E-state index contributed by atoms with van der Waals surface area (Å²) in [6.45, 7) is 10.8. The van der Waals surface area contributed by atoms with Crippen molar-refractivity contribution in [1.82, 2.24) is 5.32 Å². The predicted molar refractivity (Wildman–Crippen MR) is 85.0 cm³/mol. The Labute approximate surface area is 123 Å². The van der Waals surface area contributed by atoms with Gasteiger partial charge >= 0.3 is 0 Å². The Morgan fingerprint density at radius 1 is 1.30 bits per heavy atom. The van der Waals surface area contributed by atoms with Crippen LogP contribution >= 0.6 is 0 Å². The summed E-state index contributed by atoms with van der Waals surface area (Å²) < 4.78 is 6.11. The third-order valence-corrected chi connectivity index (χ3v) is 4.22. The SMILES string of the molecule is CCNC1CCOC(C)(c2ccc(CC(C)C)cc2)C1. The average Bonchev–Trinajstić information content (AvgIpc) is 2.39. The topological polar surface area (TPSA) is 21.3 Å². The molecular weight excluding hydrogens is 246 g/mol. The van der Waals surface area contributed by atoms with E-state index in [2.05, 4.69) is 57.3 Å². The molecule has 1 saturated heterocycles. The Balaban J connectivity index is 2.08. The second-order valence-corrected chi connectivity index (χ2v) is 6.62. The Morgan fingerprint density at radius 3 is 2.60 bits per heavy atom. The molecule has 0 saturated carbocycles. The van der Waals surface area contributed by atoms with Gasteiger partial charge in [-0.2, -0.15) is 0 Å². The van der Waals surface area contributed by atoms with Crippen molar-refractivity contribution < 1.29 is 4.74 Å². The standard InChI is InChI=1S/C18H29NO/c1-5-19-17-10-11-20-18(4,13-17)16-8-6-15(7-9-16)12-14(2)3/h6-9,14,17,19H,5,10-13H2,1-4H3. The van der Waals surface area contributed by atoms with Gasteiger partial charge in [-0.1, -0.05) is 45.0 Å². The van der Waals surface area contributed by atoms with Crippen LogP contribution < -0.4 is 5.32 Å². The molecule has 0 aliphatic carbocycles. The van der Waals surface area contributed by atoms with Crippen molar-refractivity contribution in [2.45, 2.75) is 58.6 Å². The van der Waals surface area contributed by atoms with E-state index in [4.69, 9.17) is 4.74 Å². The summed E-state index contributed by atoms with van der Waals surface area (Å²) >= 11 is 0. The van der Waals surface area contributed by atoms with Gasteiger partial charge in [0.05, 0.1) is 5.60 Å². The quantitative estimate of drug-likeness (QED) is 0.880. The summed E-state index contributed by atoms with van der Waals surface area (Å²) in [5, 5.41) is 3.57.